The number of anilines is 1. The van der Waals surface area contributed by atoms with Gasteiger partial charge in [0, 0.05) is 19.0 Å². The molecule has 0 radical (unpaired) electrons. The highest BCUT2D eigenvalue weighted by atomic mass is 32.1. The summed E-state index contributed by atoms with van der Waals surface area (Å²) in [7, 11) is 0. The molecule has 3 nitrogen and oxygen atoms in total. The number of hydrogen-bond acceptors (Lipinski definition) is 3. The Morgan fingerprint density at radius 3 is 2.88 bits per heavy atom. The monoisotopic (exact) mass is 239 g/mol. The van der Waals surface area contributed by atoms with Crippen LogP contribution in [0.15, 0.2) is 6.07 Å². The quantitative estimate of drug-likeness (QED) is 0.746. The van der Waals surface area contributed by atoms with Crippen LogP contribution >= 0.6 is 12.2 Å². The zero-order chi connectivity index (χ0) is 12.0. The van der Waals surface area contributed by atoms with Gasteiger partial charge in [-0.15, -0.1) is 0 Å². The molecule has 0 unspecified atom stereocenters. The van der Waals surface area contributed by atoms with Crippen molar-refractivity contribution in [3.05, 3.63) is 16.5 Å². The Morgan fingerprint density at radius 2 is 2.25 bits per heavy atom. The van der Waals surface area contributed by atoms with Crippen LogP contribution in [0, 0.1) is 10.6 Å². The van der Waals surface area contributed by atoms with Crippen LogP contribution in [-0.2, 0) is 6.42 Å². The van der Waals surface area contributed by atoms with Gasteiger partial charge in [0.05, 0.1) is 0 Å². The number of aryl methyl sites for hydroxylation is 1. The predicted octanol–water partition coefficient (Wildman–Crippen LogP) is 3.55. The fourth-order valence-corrected chi connectivity index (χ4v) is 1.68. The van der Waals surface area contributed by atoms with Crippen LogP contribution in [0.1, 0.15) is 39.4 Å². The summed E-state index contributed by atoms with van der Waals surface area (Å²) in [5.41, 5.74) is 0. The first-order valence-electron chi connectivity index (χ1n) is 5.96. The van der Waals surface area contributed by atoms with E-state index in [-0.39, 0.29) is 0 Å². The van der Waals surface area contributed by atoms with Crippen molar-refractivity contribution in [3.63, 3.8) is 0 Å². The lowest BCUT2D eigenvalue weighted by atomic mass is 10.1. The van der Waals surface area contributed by atoms with Crippen molar-refractivity contribution >= 4 is 18.0 Å². The van der Waals surface area contributed by atoms with Gasteiger partial charge in [0.25, 0.3) is 0 Å². The molecule has 0 fully saturated rings. The molecule has 0 amide bonds. The standard InChI is InChI=1S/C12H21N3S/c1-4-5-10-14-11(8-12(16)15-10)13-7-6-9(2)3/h8-9H,4-7H2,1-3H3,(H2,13,14,15,16). The van der Waals surface area contributed by atoms with E-state index in [0.29, 0.717) is 10.6 Å². The summed E-state index contributed by atoms with van der Waals surface area (Å²) < 4.78 is 0.661. The summed E-state index contributed by atoms with van der Waals surface area (Å²) in [5, 5.41) is 3.35. The number of aromatic nitrogens is 2. The minimum Gasteiger partial charge on any atom is -0.372 e. The predicted molar refractivity (Wildman–Crippen MR) is 71.4 cm³/mol. The van der Waals surface area contributed by atoms with Crippen LogP contribution in [0.25, 0.3) is 0 Å². The second-order valence-electron chi connectivity index (χ2n) is 4.44. The third-order valence-electron chi connectivity index (χ3n) is 2.32. The Balaban J connectivity index is 2.61. The van der Waals surface area contributed by atoms with Crippen LogP contribution in [0.4, 0.5) is 5.82 Å². The Labute approximate surface area is 103 Å². The molecule has 1 aromatic rings. The highest BCUT2D eigenvalue weighted by molar-refractivity contribution is 7.71. The molecule has 1 heterocycles. The van der Waals surface area contributed by atoms with Crippen LogP contribution in [0.5, 0.6) is 0 Å². The van der Waals surface area contributed by atoms with Crippen molar-refractivity contribution in [2.45, 2.75) is 40.0 Å². The molecule has 0 aliphatic rings. The number of H-pyrrole nitrogens is 1. The molecule has 0 aliphatic carbocycles. The van der Waals surface area contributed by atoms with Gasteiger partial charge in [0.2, 0.25) is 0 Å². The minimum atomic E-state index is 0.661. The van der Waals surface area contributed by atoms with Crippen molar-refractivity contribution in [2.75, 3.05) is 11.9 Å². The van der Waals surface area contributed by atoms with E-state index in [0.717, 1.165) is 37.4 Å². The minimum absolute atomic E-state index is 0.661. The summed E-state index contributed by atoms with van der Waals surface area (Å²) in [6.07, 6.45) is 3.18. The maximum absolute atomic E-state index is 5.13. The van der Waals surface area contributed by atoms with Crippen molar-refractivity contribution in [1.29, 1.82) is 0 Å². The van der Waals surface area contributed by atoms with E-state index in [1.54, 1.807) is 0 Å². The van der Waals surface area contributed by atoms with E-state index in [9.17, 15) is 0 Å². The maximum Gasteiger partial charge on any atom is 0.131 e. The molecule has 4 heteroatoms. The van der Waals surface area contributed by atoms with E-state index < -0.39 is 0 Å². The third-order valence-corrected chi connectivity index (χ3v) is 2.53. The first kappa shape index (κ1) is 13.2. The second kappa shape index (κ2) is 6.63. The zero-order valence-corrected chi connectivity index (χ0v) is 11.2. The Hall–Kier alpha value is -0.900. The Bertz CT molecular complexity index is 371. The molecule has 1 rings (SSSR count). The van der Waals surface area contributed by atoms with Gasteiger partial charge in [-0.2, -0.15) is 0 Å². The summed E-state index contributed by atoms with van der Waals surface area (Å²) in [6.45, 7) is 7.55. The summed E-state index contributed by atoms with van der Waals surface area (Å²) in [5.74, 6) is 2.68. The largest absolute Gasteiger partial charge is 0.372 e. The number of aromatic amines is 1. The lowest BCUT2D eigenvalue weighted by molar-refractivity contribution is 0.606. The molecule has 0 spiro atoms. The SMILES string of the molecule is CCCc1nc(=S)cc(NCCC(C)C)[nH]1. The topological polar surface area (TPSA) is 40.7 Å². The average molecular weight is 239 g/mol. The molecule has 0 saturated carbocycles. The van der Waals surface area contributed by atoms with Gasteiger partial charge in [0.1, 0.15) is 16.3 Å². The first-order valence-corrected chi connectivity index (χ1v) is 6.36. The van der Waals surface area contributed by atoms with Crippen LogP contribution in [0.3, 0.4) is 0 Å². The number of hydrogen-bond donors (Lipinski definition) is 2. The molecular formula is C12H21N3S. The van der Waals surface area contributed by atoms with Crippen molar-refractivity contribution < 1.29 is 0 Å². The first-order chi connectivity index (χ1) is 7.61. The van der Waals surface area contributed by atoms with Gasteiger partial charge in [0.15, 0.2) is 0 Å². The van der Waals surface area contributed by atoms with E-state index in [1.807, 2.05) is 6.07 Å². The molecule has 1 aromatic heterocycles. The molecule has 0 atom stereocenters. The van der Waals surface area contributed by atoms with E-state index in [1.165, 1.54) is 0 Å². The molecule has 0 aromatic carbocycles. The van der Waals surface area contributed by atoms with Crippen LogP contribution in [0.2, 0.25) is 0 Å². The molecule has 0 bridgehead atoms. The smallest absolute Gasteiger partial charge is 0.131 e. The summed E-state index contributed by atoms with van der Waals surface area (Å²) in [4.78, 5) is 7.56. The molecular weight excluding hydrogens is 218 g/mol. The highest BCUT2D eigenvalue weighted by Crippen LogP contribution is 2.07. The van der Waals surface area contributed by atoms with Gasteiger partial charge >= 0.3 is 0 Å². The fraction of sp³-hybridized carbons (Fsp3) is 0.667. The number of nitrogens with one attached hydrogen (secondary N) is 2. The molecule has 2 N–H and O–H groups in total. The molecule has 0 saturated heterocycles. The van der Waals surface area contributed by atoms with Crippen LogP contribution < -0.4 is 5.32 Å². The maximum atomic E-state index is 5.13. The van der Waals surface area contributed by atoms with Gasteiger partial charge in [-0.3, -0.25) is 0 Å². The molecule has 16 heavy (non-hydrogen) atoms. The van der Waals surface area contributed by atoms with Gasteiger partial charge < -0.3 is 10.3 Å². The molecule has 90 valence electrons. The summed E-state index contributed by atoms with van der Waals surface area (Å²) >= 11 is 5.13. The lowest BCUT2D eigenvalue weighted by Gasteiger charge is -2.09. The van der Waals surface area contributed by atoms with Gasteiger partial charge in [-0.05, 0) is 18.8 Å². The summed E-state index contributed by atoms with van der Waals surface area (Å²) in [6, 6.07) is 1.88. The number of nitrogens with zero attached hydrogens (tertiary/aromatic N) is 1. The number of rotatable bonds is 6. The Kier molecular flexibility index (Phi) is 5.46. The van der Waals surface area contributed by atoms with E-state index >= 15 is 0 Å². The van der Waals surface area contributed by atoms with Crippen molar-refractivity contribution in [3.8, 4) is 0 Å². The molecule has 0 aliphatic heterocycles. The van der Waals surface area contributed by atoms with Gasteiger partial charge in [-0.1, -0.05) is 33.0 Å². The second-order valence-corrected chi connectivity index (χ2v) is 4.86. The van der Waals surface area contributed by atoms with Gasteiger partial charge in [-0.25, -0.2) is 4.98 Å². The average Bonchev–Trinajstić information content (AvgIpc) is 2.16. The Morgan fingerprint density at radius 1 is 1.50 bits per heavy atom. The normalized spacial score (nSPS) is 10.8. The lowest BCUT2D eigenvalue weighted by Crippen LogP contribution is -2.08. The van der Waals surface area contributed by atoms with Crippen LogP contribution in [-0.4, -0.2) is 16.5 Å². The highest BCUT2D eigenvalue weighted by Gasteiger charge is 1.99. The zero-order valence-electron chi connectivity index (χ0n) is 10.3. The van der Waals surface area contributed by atoms with Crippen molar-refractivity contribution in [2.24, 2.45) is 5.92 Å². The van der Waals surface area contributed by atoms with Crippen molar-refractivity contribution in [1.82, 2.24) is 9.97 Å². The van der Waals surface area contributed by atoms with E-state index in [4.69, 9.17) is 12.2 Å². The van der Waals surface area contributed by atoms with E-state index in [2.05, 4.69) is 36.1 Å². The third kappa shape index (κ3) is 4.75. The fourth-order valence-electron chi connectivity index (χ4n) is 1.45.